The van der Waals surface area contributed by atoms with Gasteiger partial charge in [0.05, 0.1) is 0 Å². The normalized spacial score (nSPS) is 10.4. The van der Waals surface area contributed by atoms with Gasteiger partial charge in [-0.1, -0.05) is 24.3 Å². The fraction of sp³-hybridized carbons (Fsp3) is 0. The summed E-state index contributed by atoms with van der Waals surface area (Å²) in [4.78, 5) is 15.9. The number of nitrogens with zero attached hydrogens (tertiary/aromatic N) is 1. The molecule has 4 nitrogen and oxygen atoms in total. The van der Waals surface area contributed by atoms with Crippen molar-refractivity contribution in [3.8, 4) is 0 Å². The van der Waals surface area contributed by atoms with Gasteiger partial charge >= 0.3 is 5.63 Å². The topological polar surface area (TPSA) is 55.1 Å². The van der Waals surface area contributed by atoms with Crippen LogP contribution in [0.5, 0.6) is 0 Å². The van der Waals surface area contributed by atoms with Crippen LogP contribution in [0.25, 0.3) is 11.0 Å². The van der Waals surface area contributed by atoms with Crippen LogP contribution in [0.4, 0.5) is 11.5 Å². The lowest BCUT2D eigenvalue weighted by Gasteiger charge is -2.04. The quantitative estimate of drug-likeness (QED) is 0.697. The van der Waals surface area contributed by atoms with Crippen LogP contribution in [0.3, 0.4) is 0 Å². The van der Waals surface area contributed by atoms with Crippen molar-refractivity contribution in [1.29, 1.82) is 0 Å². The summed E-state index contributed by atoms with van der Waals surface area (Å²) in [7, 11) is 0. The van der Waals surface area contributed by atoms with E-state index in [0.29, 0.717) is 17.1 Å². The van der Waals surface area contributed by atoms with E-state index >= 15 is 0 Å². The van der Waals surface area contributed by atoms with Gasteiger partial charge in [-0.05, 0) is 24.3 Å². The molecule has 4 heteroatoms. The average molecular weight is 238 g/mol. The first kappa shape index (κ1) is 10.5. The minimum Gasteiger partial charge on any atom is -0.421 e. The van der Waals surface area contributed by atoms with Crippen molar-refractivity contribution in [2.45, 2.75) is 0 Å². The van der Waals surface area contributed by atoms with Crippen LogP contribution >= 0.6 is 0 Å². The molecule has 0 saturated heterocycles. The van der Waals surface area contributed by atoms with Gasteiger partial charge < -0.3 is 9.73 Å². The number of nitrogens with one attached hydrogen (secondary N) is 1. The molecule has 1 aromatic carbocycles. The molecule has 0 atom stereocenters. The third-order valence-corrected chi connectivity index (χ3v) is 2.57. The molecule has 88 valence electrons. The Morgan fingerprint density at radius 2 is 1.89 bits per heavy atom. The molecule has 3 rings (SSSR count). The molecular weight excluding hydrogens is 228 g/mol. The molecule has 0 amide bonds. The van der Waals surface area contributed by atoms with Crippen molar-refractivity contribution in [2.75, 3.05) is 5.32 Å². The minimum atomic E-state index is -0.403. The summed E-state index contributed by atoms with van der Waals surface area (Å²) in [5.41, 5.74) is 0.556. The van der Waals surface area contributed by atoms with Crippen molar-refractivity contribution >= 4 is 22.5 Å². The van der Waals surface area contributed by atoms with E-state index in [2.05, 4.69) is 10.3 Å². The Kier molecular flexibility index (Phi) is 2.53. The van der Waals surface area contributed by atoms with Crippen molar-refractivity contribution < 1.29 is 4.42 Å². The molecule has 0 aliphatic rings. The number of anilines is 2. The van der Waals surface area contributed by atoms with Crippen LogP contribution in [0.1, 0.15) is 0 Å². The fourth-order valence-electron chi connectivity index (χ4n) is 1.72. The van der Waals surface area contributed by atoms with E-state index < -0.39 is 5.63 Å². The molecule has 0 spiro atoms. The summed E-state index contributed by atoms with van der Waals surface area (Å²) < 4.78 is 5.22. The standard InChI is InChI=1S/C14H10N2O2/c17-14-11(16-13-7-3-4-8-15-13)9-10-5-1-2-6-12(10)18-14/h1-9H,(H,15,16). The van der Waals surface area contributed by atoms with Gasteiger partial charge in [0, 0.05) is 11.6 Å². The van der Waals surface area contributed by atoms with Crippen LogP contribution in [0.15, 0.2) is 63.9 Å². The zero-order valence-electron chi connectivity index (χ0n) is 9.46. The van der Waals surface area contributed by atoms with Gasteiger partial charge in [-0.3, -0.25) is 0 Å². The van der Waals surface area contributed by atoms with Crippen molar-refractivity contribution in [3.05, 3.63) is 65.1 Å². The number of rotatable bonds is 2. The molecule has 0 aliphatic heterocycles. The van der Waals surface area contributed by atoms with Gasteiger partial charge in [0.1, 0.15) is 17.1 Å². The Bertz CT molecular complexity index is 735. The fourth-order valence-corrected chi connectivity index (χ4v) is 1.72. The maximum absolute atomic E-state index is 11.8. The predicted octanol–water partition coefficient (Wildman–Crippen LogP) is 2.93. The maximum atomic E-state index is 11.8. The Morgan fingerprint density at radius 3 is 2.72 bits per heavy atom. The molecule has 1 N–H and O–H groups in total. The molecule has 18 heavy (non-hydrogen) atoms. The number of aromatic nitrogens is 1. The molecule has 0 aliphatic carbocycles. The van der Waals surface area contributed by atoms with Gasteiger partial charge in [0.25, 0.3) is 0 Å². The summed E-state index contributed by atoms with van der Waals surface area (Å²) in [6.45, 7) is 0. The summed E-state index contributed by atoms with van der Waals surface area (Å²) in [5, 5.41) is 3.82. The first-order valence-corrected chi connectivity index (χ1v) is 5.54. The molecule has 0 radical (unpaired) electrons. The first-order valence-electron chi connectivity index (χ1n) is 5.54. The number of hydrogen-bond acceptors (Lipinski definition) is 4. The van der Waals surface area contributed by atoms with E-state index in [0.717, 1.165) is 5.39 Å². The number of para-hydroxylation sites is 1. The maximum Gasteiger partial charge on any atom is 0.360 e. The zero-order chi connectivity index (χ0) is 12.4. The van der Waals surface area contributed by atoms with Gasteiger partial charge in [-0.25, -0.2) is 9.78 Å². The van der Waals surface area contributed by atoms with Gasteiger partial charge in [0.2, 0.25) is 0 Å². The summed E-state index contributed by atoms with van der Waals surface area (Å²) in [6.07, 6.45) is 1.66. The van der Waals surface area contributed by atoms with Crippen molar-refractivity contribution in [1.82, 2.24) is 4.98 Å². The van der Waals surface area contributed by atoms with E-state index in [1.807, 2.05) is 30.3 Å². The second kappa shape index (κ2) is 4.33. The van der Waals surface area contributed by atoms with Gasteiger partial charge in [-0.15, -0.1) is 0 Å². The Hall–Kier alpha value is -2.62. The third kappa shape index (κ3) is 1.96. The smallest absolute Gasteiger partial charge is 0.360 e. The number of hydrogen-bond donors (Lipinski definition) is 1. The molecule has 0 fully saturated rings. The van der Waals surface area contributed by atoms with Crippen molar-refractivity contribution in [2.24, 2.45) is 0 Å². The molecule has 0 bridgehead atoms. The van der Waals surface area contributed by atoms with Gasteiger partial charge in [-0.2, -0.15) is 0 Å². The van der Waals surface area contributed by atoms with E-state index in [4.69, 9.17) is 4.42 Å². The lowest BCUT2D eigenvalue weighted by Crippen LogP contribution is -2.07. The highest BCUT2D eigenvalue weighted by Crippen LogP contribution is 2.17. The van der Waals surface area contributed by atoms with E-state index in [1.54, 1.807) is 24.4 Å². The predicted molar refractivity (Wildman–Crippen MR) is 70.0 cm³/mol. The lowest BCUT2D eigenvalue weighted by molar-refractivity contribution is 0.564. The molecule has 3 aromatic rings. The minimum absolute atomic E-state index is 0.382. The van der Waals surface area contributed by atoms with E-state index in [1.165, 1.54) is 0 Å². The number of fused-ring (bicyclic) bond motifs is 1. The van der Waals surface area contributed by atoms with E-state index in [-0.39, 0.29) is 0 Å². The summed E-state index contributed by atoms with van der Waals surface area (Å²) >= 11 is 0. The summed E-state index contributed by atoms with van der Waals surface area (Å²) in [6, 6.07) is 14.6. The van der Waals surface area contributed by atoms with Crippen LogP contribution in [-0.2, 0) is 0 Å². The highest BCUT2D eigenvalue weighted by Gasteiger charge is 2.05. The van der Waals surface area contributed by atoms with Crippen LogP contribution < -0.4 is 10.9 Å². The van der Waals surface area contributed by atoms with Crippen LogP contribution in [-0.4, -0.2) is 4.98 Å². The monoisotopic (exact) mass is 238 g/mol. The van der Waals surface area contributed by atoms with Gasteiger partial charge in [0.15, 0.2) is 0 Å². The molecular formula is C14H10N2O2. The Labute approximate surface area is 103 Å². The average Bonchev–Trinajstić information content (AvgIpc) is 2.41. The molecule has 2 heterocycles. The molecule has 0 unspecified atom stereocenters. The SMILES string of the molecule is O=c1oc2ccccc2cc1Nc1ccccn1. The largest absolute Gasteiger partial charge is 0.421 e. The molecule has 2 aromatic heterocycles. The van der Waals surface area contributed by atoms with E-state index in [9.17, 15) is 4.79 Å². The van der Waals surface area contributed by atoms with Crippen LogP contribution in [0.2, 0.25) is 0 Å². The number of pyridine rings is 1. The second-order valence-electron chi connectivity index (χ2n) is 3.83. The Balaban J connectivity index is 2.07. The summed E-state index contributed by atoms with van der Waals surface area (Å²) in [5.74, 6) is 0.611. The van der Waals surface area contributed by atoms with Crippen LogP contribution in [0, 0.1) is 0 Å². The lowest BCUT2D eigenvalue weighted by atomic mass is 10.2. The second-order valence-corrected chi connectivity index (χ2v) is 3.83. The Morgan fingerprint density at radius 1 is 1.06 bits per heavy atom. The highest BCUT2D eigenvalue weighted by molar-refractivity contribution is 5.80. The highest BCUT2D eigenvalue weighted by atomic mass is 16.4. The molecule has 0 saturated carbocycles. The first-order chi connectivity index (χ1) is 8.83. The zero-order valence-corrected chi connectivity index (χ0v) is 9.46. The third-order valence-electron chi connectivity index (χ3n) is 2.57. The number of benzene rings is 1. The van der Waals surface area contributed by atoms with Crippen molar-refractivity contribution in [3.63, 3.8) is 0 Å².